The minimum Gasteiger partial charge on any atom is -0.456 e. The van der Waals surface area contributed by atoms with E-state index in [1.807, 2.05) is 37.4 Å². The van der Waals surface area contributed by atoms with Gasteiger partial charge in [0.2, 0.25) is 0 Å². The molecule has 5 heteroatoms. The van der Waals surface area contributed by atoms with Gasteiger partial charge in [-0.15, -0.1) is 11.8 Å². The number of benzene rings is 2. The van der Waals surface area contributed by atoms with E-state index in [-0.39, 0.29) is 5.91 Å². The van der Waals surface area contributed by atoms with Gasteiger partial charge in [0, 0.05) is 23.2 Å². The summed E-state index contributed by atoms with van der Waals surface area (Å²) in [4.78, 5) is 13.2. The first kappa shape index (κ1) is 15.3. The largest absolute Gasteiger partial charge is 0.456 e. The molecule has 0 atom stereocenters. The van der Waals surface area contributed by atoms with Crippen molar-refractivity contribution >= 4 is 23.4 Å². The van der Waals surface area contributed by atoms with Crippen LogP contribution in [-0.2, 0) is 0 Å². The third-order valence-corrected chi connectivity index (χ3v) is 3.62. The van der Waals surface area contributed by atoms with Crippen molar-refractivity contribution in [2.24, 2.45) is 0 Å². The number of anilines is 1. The molecular formula is C16H18N2O2S. The Morgan fingerprint density at radius 1 is 1.24 bits per heavy atom. The van der Waals surface area contributed by atoms with E-state index in [2.05, 4.69) is 5.32 Å². The van der Waals surface area contributed by atoms with Gasteiger partial charge < -0.3 is 15.8 Å². The fraction of sp³-hybridized carbons (Fsp3) is 0.188. The SMILES string of the molecule is CCNC(=O)c1ccc(N)cc1Oc1ccc(SC)cc1. The lowest BCUT2D eigenvalue weighted by Crippen LogP contribution is -2.23. The third kappa shape index (κ3) is 3.92. The molecule has 0 spiro atoms. The number of rotatable bonds is 5. The molecule has 2 rings (SSSR count). The van der Waals surface area contributed by atoms with Gasteiger partial charge in [-0.1, -0.05) is 0 Å². The Morgan fingerprint density at radius 3 is 2.57 bits per heavy atom. The molecule has 4 nitrogen and oxygen atoms in total. The number of nitrogens with one attached hydrogen (secondary N) is 1. The highest BCUT2D eigenvalue weighted by Crippen LogP contribution is 2.29. The number of amides is 1. The van der Waals surface area contributed by atoms with Crippen LogP contribution in [0.1, 0.15) is 17.3 Å². The average molecular weight is 302 g/mol. The van der Waals surface area contributed by atoms with E-state index in [9.17, 15) is 4.79 Å². The summed E-state index contributed by atoms with van der Waals surface area (Å²) in [6.45, 7) is 2.43. The minimum atomic E-state index is -0.173. The second kappa shape index (κ2) is 7.04. The Bertz CT molecular complexity index is 627. The quantitative estimate of drug-likeness (QED) is 0.655. The lowest BCUT2D eigenvalue weighted by molar-refractivity contribution is 0.0953. The van der Waals surface area contributed by atoms with Gasteiger partial charge in [0.25, 0.3) is 5.91 Å². The molecule has 0 aliphatic rings. The number of hydrogen-bond acceptors (Lipinski definition) is 4. The highest BCUT2D eigenvalue weighted by atomic mass is 32.2. The summed E-state index contributed by atoms with van der Waals surface area (Å²) in [7, 11) is 0. The number of hydrogen-bond donors (Lipinski definition) is 2. The Labute approximate surface area is 128 Å². The van der Waals surface area contributed by atoms with Gasteiger partial charge in [0.05, 0.1) is 5.56 Å². The van der Waals surface area contributed by atoms with Crippen molar-refractivity contribution < 1.29 is 9.53 Å². The van der Waals surface area contributed by atoms with E-state index < -0.39 is 0 Å². The topological polar surface area (TPSA) is 64.4 Å². The molecule has 3 N–H and O–H groups in total. The van der Waals surface area contributed by atoms with E-state index >= 15 is 0 Å². The highest BCUT2D eigenvalue weighted by Gasteiger charge is 2.13. The normalized spacial score (nSPS) is 10.2. The van der Waals surface area contributed by atoms with E-state index in [4.69, 9.17) is 10.5 Å². The summed E-state index contributed by atoms with van der Waals surface area (Å²) >= 11 is 1.66. The number of nitrogen functional groups attached to an aromatic ring is 1. The van der Waals surface area contributed by atoms with Gasteiger partial charge >= 0.3 is 0 Å². The molecule has 0 saturated carbocycles. The fourth-order valence-corrected chi connectivity index (χ4v) is 2.25. The van der Waals surface area contributed by atoms with E-state index in [1.54, 1.807) is 30.0 Å². The summed E-state index contributed by atoms with van der Waals surface area (Å²) in [6, 6.07) is 12.7. The lowest BCUT2D eigenvalue weighted by Gasteiger charge is -2.12. The van der Waals surface area contributed by atoms with Crippen LogP contribution in [0.4, 0.5) is 5.69 Å². The van der Waals surface area contributed by atoms with Crippen molar-refractivity contribution in [3.63, 3.8) is 0 Å². The monoisotopic (exact) mass is 302 g/mol. The van der Waals surface area contributed by atoms with E-state index in [0.29, 0.717) is 29.3 Å². The molecule has 0 radical (unpaired) electrons. The van der Waals surface area contributed by atoms with Crippen molar-refractivity contribution in [2.45, 2.75) is 11.8 Å². The Hall–Kier alpha value is -2.14. The fourth-order valence-electron chi connectivity index (χ4n) is 1.84. The Morgan fingerprint density at radius 2 is 1.95 bits per heavy atom. The third-order valence-electron chi connectivity index (χ3n) is 2.87. The van der Waals surface area contributed by atoms with Crippen molar-refractivity contribution in [3.05, 3.63) is 48.0 Å². The number of thioether (sulfide) groups is 1. The standard InChI is InChI=1S/C16H18N2O2S/c1-3-18-16(19)14-9-4-11(17)10-15(14)20-12-5-7-13(21-2)8-6-12/h4-10H,3,17H2,1-2H3,(H,18,19). The smallest absolute Gasteiger partial charge is 0.255 e. The van der Waals surface area contributed by atoms with Gasteiger partial charge in [-0.25, -0.2) is 0 Å². The summed E-state index contributed by atoms with van der Waals surface area (Å²) < 4.78 is 5.81. The Balaban J connectivity index is 2.28. The average Bonchev–Trinajstić information content (AvgIpc) is 2.48. The lowest BCUT2D eigenvalue weighted by atomic mass is 10.1. The van der Waals surface area contributed by atoms with Crippen LogP contribution in [0.5, 0.6) is 11.5 Å². The first-order valence-corrected chi connectivity index (χ1v) is 7.86. The summed E-state index contributed by atoms with van der Waals surface area (Å²) in [5.74, 6) is 0.954. The molecule has 0 unspecified atom stereocenters. The minimum absolute atomic E-state index is 0.173. The maximum Gasteiger partial charge on any atom is 0.255 e. The predicted molar refractivity (Wildman–Crippen MR) is 87.2 cm³/mol. The summed E-state index contributed by atoms with van der Waals surface area (Å²) in [6.07, 6.45) is 2.01. The first-order chi connectivity index (χ1) is 10.1. The molecule has 110 valence electrons. The molecule has 0 aliphatic heterocycles. The van der Waals surface area contributed by atoms with Gasteiger partial charge in [-0.3, -0.25) is 4.79 Å². The van der Waals surface area contributed by atoms with Crippen LogP contribution >= 0.6 is 11.8 Å². The first-order valence-electron chi connectivity index (χ1n) is 6.63. The number of ether oxygens (including phenoxy) is 1. The molecule has 1 amide bonds. The van der Waals surface area contributed by atoms with E-state index in [0.717, 1.165) is 4.90 Å². The molecule has 0 aromatic heterocycles. The molecule has 0 fully saturated rings. The van der Waals surface area contributed by atoms with Crippen LogP contribution in [0.15, 0.2) is 47.4 Å². The maximum absolute atomic E-state index is 12.0. The molecule has 21 heavy (non-hydrogen) atoms. The molecule has 2 aromatic rings. The van der Waals surface area contributed by atoms with Gasteiger partial charge in [0.1, 0.15) is 11.5 Å². The van der Waals surface area contributed by atoms with Crippen molar-refractivity contribution in [1.82, 2.24) is 5.32 Å². The molecular weight excluding hydrogens is 284 g/mol. The van der Waals surface area contributed by atoms with Crippen molar-refractivity contribution in [3.8, 4) is 11.5 Å². The second-order valence-electron chi connectivity index (χ2n) is 4.39. The highest BCUT2D eigenvalue weighted by molar-refractivity contribution is 7.98. The zero-order chi connectivity index (χ0) is 15.2. The number of carbonyl (C=O) groups is 1. The zero-order valence-corrected chi connectivity index (χ0v) is 12.9. The van der Waals surface area contributed by atoms with Crippen LogP contribution in [0.2, 0.25) is 0 Å². The maximum atomic E-state index is 12.0. The number of nitrogens with two attached hydrogens (primary N) is 1. The van der Waals surface area contributed by atoms with Crippen LogP contribution in [0, 0.1) is 0 Å². The molecule has 2 aromatic carbocycles. The van der Waals surface area contributed by atoms with Crippen LogP contribution in [-0.4, -0.2) is 18.7 Å². The van der Waals surface area contributed by atoms with Crippen molar-refractivity contribution in [2.75, 3.05) is 18.5 Å². The Kier molecular flexibility index (Phi) is 5.11. The van der Waals surface area contributed by atoms with Crippen molar-refractivity contribution in [1.29, 1.82) is 0 Å². The van der Waals surface area contributed by atoms with Gasteiger partial charge in [-0.2, -0.15) is 0 Å². The summed E-state index contributed by atoms with van der Waals surface area (Å²) in [5, 5.41) is 2.76. The van der Waals surface area contributed by atoms with Crippen LogP contribution in [0.3, 0.4) is 0 Å². The number of carbonyl (C=O) groups excluding carboxylic acids is 1. The van der Waals surface area contributed by atoms with Gasteiger partial charge in [-0.05, 0) is 49.6 Å². The van der Waals surface area contributed by atoms with Crippen LogP contribution < -0.4 is 15.8 Å². The molecule has 0 heterocycles. The zero-order valence-electron chi connectivity index (χ0n) is 12.1. The molecule has 0 saturated heterocycles. The predicted octanol–water partition coefficient (Wildman–Crippen LogP) is 3.53. The van der Waals surface area contributed by atoms with E-state index in [1.165, 1.54) is 0 Å². The van der Waals surface area contributed by atoms with Crippen LogP contribution in [0.25, 0.3) is 0 Å². The summed E-state index contributed by atoms with van der Waals surface area (Å²) in [5.41, 5.74) is 6.81. The molecule has 0 bridgehead atoms. The second-order valence-corrected chi connectivity index (χ2v) is 5.27. The molecule has 0 aliphatic carbocycles. The van der Waals surface area contributed by atoms with Gasteiger partial charge in [0.15, 0.2) is 0 Å².